The van der Waals surface area contributed by atoms with Crippen LogP contribution in [0.1, 0.15) is 12.0 Å². The van der Waals surface area contributed by atoms with Gasteiger partial charge in [-0.2, -0.15) is 0 Å². The molecule has 2 N–H and O–H groups in total. The zero-order valence-corrected chi connectivity index (χ0v) is 10.8. The lowest BCUT2D eigenvalue weighted by atomic mass is 10.3. The van der Waals surface area contributed by atoms with Crippen LogP contribution in [-0.4, -0.2) is 47.9 Å². The van der Waals surface area contributed by atoms with Crippen molar-refractivity contribution in [1.82, 2.24) is 20.5 Å². The van der Waals surface area contributed by atoms with Gasteiger partial charge in [0.2, 0.25) is 0 Å². The molecule has 1 fully saturated rings. The van der Waals surface area contributed by atoms with Crippen molar-refractivity contribution in [3.05, 3.63) is 30.1 Å². The summed E-state index contributed by atoms with van der Waals surface area (Å²) in [5.41, 5.74) is 0.876. The van der Waals surface area contributed by atoms with E-state index in [1.807, 2.05) is 6.07 Å². The lowest BCUT2D eigenvalue weighted by Crippen LogP contribution is -2.44. The van der Waals surface area contributed by atoms with Gasteiger partial charge < -0.3 is 15.5 Å². The van der Waals surface area contributed by atoms with Crippen molar-refractivity contribution in [3.63, 3.8) is 0 Å². The van der Waals surface area contributed by atoms with Crippen LogP contribution in [-0.2, 0) is 16.1 Å². The first-order chi connectivity index (χ1) is 9.27. The second-order valence-corrected chi connectivity index (χ2v) is 4.44. The van der Waals surface area contributed by atoms with Gasteiger partial charge in [0.1, 0.15) is 0 Å². The molecule has 1 aromatic rings. The third-order valence-electron chi connectivity index (χ3n) is 3.00. The lowest BCUT2D eigenvalue weighted by Gasteiger charge is -2.19. The molecule has 1 saturated heterocycles. The molecule has 0 aliphatic carbocycles. The van der Waals surface area contributed by atoms with E-state index in [9.17, 15) is 9.59 Å². The summed E-state index contributed by atoms with van der Waals surface area (Å²) in [6, 6.07) is 3.65. The minimum Gasteiger partial charge on any atom is -0.344 e. The highest BCUT2D eigenvalue weighted by molar-refractivity contribution is 6.34. The molecular formula is C13H18N4O2. The molecule has 19 heavy (non-hydrogen) atoms. The van der Waals surface area contributed by atoms with E-state index < -0.39 is 11.8 Å². The maximum absolute atomic E-state index is 11.9. The summed E-state index contributed by atoms with van der Waals surface area (Å²) in [5, 5.41) is 5.82. The highest BCUT2D eigenvalue weighted by Crippen LogP contribution is 1.98. The van der Waals surface area contributed by atoms with Gasteiger partial charge in [0, 0.05) is 38.6 Å². The number of hydrogen-bond donors (Lipinski definition) is 2. The maximum atomic E-state index is 11.9. The molecule has 0 radical (unpaired) electrons. The van der Waals surface area contributed by atoms with Gasteiger partial charge >= 0.3 is 11.8 Å². The first-order valence-corrected chi connectivity index (χ1v) is 6.44. The summed E-state index contributed by atoms with van der Waals surface area (Å²) in [5.74, 6) is -1.00. The SMILES string of the molecule is O=C(NCc1cccnc1)C(=O)N1CCCNCC1. The van der Waals surface area contributed by atoms with Crippen LogP contribution >= 0.6 is 0 Å². The van der Waals surface area contributed by atoms with Crippen LogP contribution in [0.3, 0.4) is 0 Å². The Kier molecular flexibility index (Phi) is 4.85. The molecule has 0 bridgehead atoms. The zero-order chi connectivity index (χ0) is 13.5. The second-order valence-electron chi connectivity index (χ2n) is 4.44. The summed E-state index contributed by atoms with van der Waals surface area (Å²) in [6.07, 6.45) is 4.21. The highest BCUT2D eigenvalue weighted by Gasteiger charge is 2.21. The van der Waals surface area contributed by atoms with Gasteiger partial charge in [-0.3, -0.25) is 14.6 Å². The minimum absolute atomic E-state index is 0.324. The van der Waals surface area contributed by atoms with Crippen molar-refractivity contribution in [2.75, 3.05) is 26.2 Å². The van der Waals surface area contributed by atoms with Crippen molar-refractivity contribution >= 4 is 11.8 Å². The average molecular weight is 262 g/mol. The molecular weight excluding hydrogens is 244 g/mol. The van der Waals surface area contributed by atoms with Gasteiger partial charge in [-0.1, -0.05) is 6.07 Å². The van der Waals surface area contributed by atoms with E-state index in [1.54, 1.807) is 23.4 Å². The first-order valence-electron chi connectivity index (χ1n) is 6.44. The standard InChI is InChI=1S/C13H18N4O2/c18-12(16-10-11-3-1-4-15-9-11)13(19)17-7-2-5-14-6-8-17/h1,3-4,9,14H,2,5-8,10H2,(H,16,18). The first kappa shape index (κ1) is 13.5. The van der Waals surface area contributed by atoms with Crippen LogP contribution in [0.15, 0.2) is 24.5 Å². The number of aromatic nitrogens is 1. The van der Waals surface area contributed by atoms with Crippen LogP contribution in [0.4, 0.5) is 0 Å². The Hall–Kier alpha value is -1.95. The molecule has 0 saturated carbocycles. The molecule has 2 amide bonds. The van der Waals surface area contributed by atoms with Gasteiger partial charge in [-0.15, -0.1) is 0 Å². The van der Waals surface area contributed by atoms with Crippen LogP contribution in [0.25, 0.3) is 0 Å². The molecule has 6 nitrogen and oxygen atoms in total. The fourth-order valence-electron chi connectivity index (χ4n) is 1.95. The fourth-order valence-corrected chi connectivity index (χ4v) is 1.95. The molecule has 6 heteroatoms. The summed E-state index contributed by atoms with van der Waals surface area (Å²) in [4.78, 5) is 29.3. The second kappa shape index (κ2) is 6.84. The Balaban J connectivity index is 1.83. The van der Waals surface area contributed by atoms with Gasteiger partial charge in [0.05, 0.1) is 0 Å². The molecule has 102 valence electrons. The topological polar surface area (TPSA) is 74.3 Å². The maximum Gasteiger partial charge on any atom is 0.311 e. The number of hydrogen-bond acceptors (Lipinski definition) is 4. The Morgan fingerprint density at radius 1 is 1.37 bits per heavy atom. The summed E-state index contributed by atoms with van der Waals surface area (Å²) in [6.45, 7) is 3.17. The van der Waals surface area contributed by atoms with E-state index in [2.05, 4.69) is 15.6 Å². The van der Waals surface area contributed by atoms with Crippen molar-refractivity contribution in [1.29, 1.82) is 0 Å². The fraction of sp³-hybridized carbons (Fsp3) is 0.462. The van der Waals surface area contributed by atoms with Gasteiger partial charge in [-0.05, 0) is 24.6 Å². The number of carbonyl (C=O) groups is 2. The van der Waals surface area contributed by atoms with Crippen molar-refractivity contribution in [3.8, 4) is 0 Å². The van der Waals surface area contributed by atoms with Gasteiger partial charge in [-0.25, -0.2) is 0 Å². The summed E-state index contributed by atoms with van der Waals surface area (Å²) >= 11 is 0. The van der Waals surface area contributed by atoms with E-state index in [1.165, 1.54) is 0 Å². The molecule has 2 rings (SSSR count). The van der Waals surface area contributed by atoms with Crippen molar-refractivity contribution in [2.45, 2.75) is 13.0 Å². The summed E-state index contributed by atoms with van der Waals surface area (Å²) < 4.78 is 0. The molecule has 0 aromatic carbocycles. The number of pyridine rings is 1. The average Bonchev–Trinajstić information content (AvgIpc) is 2.74. The predicted molar refractivity (Wildman–Crippen MR) is 70.2 cm³/mol. The number of amides is 2. The lowest BCUT2D eigenvalue weighted by molar-refractivity contribution is -0.145. The molecule has 0 unspecified atom stereocenters. The highest BCUT2D eigenvalue weighted by atomic mass is 16.2. The molecule has 0 spiro atoms. The van der Waals surface area contributed by atoms with E-state index in [4.69, 9.17) is 0 Å². The number of rotatable bonds is 2. The molecule has 2 heterocycles. The van der Waals surface area contributed by atoms with Crippen LogP contribution in [0, 0.1) is 0 Å². The Morgan fingerprint density at radius 2 is 2.26 bits per heavy atom. The number of nitrogens with one attached hydrogen (secondary N) is 2. The largest absolute Gasteiger partial charge is 0.344 e. The van der Waals surface area contributed by atoms with Crippen LogP contribution in [0.2, 0.25) is 0 Å². The monoisotopic (exact) mass is 262 g/mol. The zero-order valence-electron chi connectivity index (χ0n) is 10.8. The Morgan fingerprint density at radius 3 is 3.05 bits per heavy atom. The number of nitrogens with zero attached hydrogens (tertiary/aromatic N) is 2. The smallest absolute Gasteiger partial charge is 0.311 e. The summed E-state index contributed by atoms with van der Waals surface area (Å²) in [7, 11) is 0. The van der Waals surface area contributed by atoms with E-state index in [-0.39, 0.29) is 0 Å². The van der Waals surface area contributed by atoms with Gasteiger partial charge in [0.15, 0.2) is 0 Å². The third kappa shape index (κ3) is 4.03. The Bertz CT molecular complexity index is 428. The normalized spacial score (nSPS) is 15.7. The molecule has 1 aliphatic rings. The molecule has 1 aromatic heterocycles. The number of carbonyl (C=O) groups excluding carboxylic acids is 2. The minimum atomic E-state index is -0.550. The van der Waals surface area contributed by atoms with Crippen molar-refractivity contribution < 1.29 is 9.59 Å². The van der Waals surface area contributed by atoms with E-state index >= 15 is 0 Å². The van der Waals surface area contributed by atoms with Crippen molar-refractivity contribution in [2.24, 2.45) is 0 Å². The predicted octanol–water partition coefficient (Wildman–Crippen LogP) is -0.480. The van der Waals surface area contributed by atoms with E-state index in [0.29, 0.717) is 19.6 Å². The van der Waals surface area contributed by atoms with Crippen LogP contribution in [0.5, 0.6) is 0 Å². The van der Waals surface area contributed by atoms with E-state index in [0.717, 1.165) is 25.1 Å². The Labute approximate surface area is 112 Å². The molecule has 0 atom stereocenters. The third-order valence-corrected chi connectivity index (χ3v) is 3.00. The van der Waals surface area contributed by atoms with Gasteiger partial charge in [0.25, 0.3) is 0 Å². The molecule has 1 aliphatic heterocycles. The van der Waals surface area contributed by atoms with Crippen LogP contribution < -0.4 is 10.6 Å². The quantitative estimate of drug-likeness (QED) is 0.706.